The lowest BCUT2D eigenvalue weighted by molar-refractivity contribution is 0.210. The number of fused-ring (bicyclic) bond motifs is 2. The molecular weight excluding hydrogens is 312 g/mol. The van der Waals surface area contributed by atoms with Crippen molar-refractivity contribution in [2.24, 2.45) is 0 Å². The van der Waals surface area contributed by atoms with Gasteiger partial charge in [0, 0.05) is 23.4 Å². The highest BCUT2D eigenvalue weighted by molar-refractivity contribution is 7.99. The van der Waals surface area contributed by atoms with E-state index >= 15 is 0 Å². The Kier molecular flexibility index (Phi) is 3.85. The molecule has 0 saturated carbocycles. The highest BCUT2D eigenvalue weighted by Gasteiger charge is 2.19. The van der Waals surface area contributed by atoms with Crippen LogP contribution in [0.25, 0.3) is 11.0 Å². The molecule has 3 aromatic rings. The number of hydrogen-bond acceptors (Lipinski definition) is 5. The first-order chi connectivity index (χ1) is 11.3. The lowest BCUT2D eigenvalue weighted by atomic mass is 10.3. The normalized spacial score (nSPS) is 17.0. The predicted octanol–water partition coefficient (Wildman–Crippen LogP) is 2.76. The van der Waals surface area contributed by atoms with Crippen molar-refractivity contribution in [3.05, 3.63) is 58.7 Å². The van der Waals surface area contributed by atoms with Crippen LogP contribution < -0.4 is 15.6 Å². The van der Waals surface area contributed by atoms with Crippen LogP contribution in [0, 0.1) is 0 Å². The molecule has 5 nitrogen and oxygen atoms in total. The van der Waals surface area contributed by atoms with Gasteiger partial charge in [-0.05, 0) is 24.3 Å². The largest absolute Gasteiger partial charge is 0.487 e. The number of pyridine rings is 1. The van der Waals surface area contributed by atoms with E-state index in [9.17, 15) is 4.79 Å². The van der Waals surface area contributed by atoms with Crippen molar-refractivity contribution in [2.45, 2.75) is 17.5 Å². The molecule has 118 valence electrons. The second-order valence-electron chi connectivity index (χ2n) is 5.43. The molecule has 1 atom stereocenters. The highest BCUT2D eigenvalue weighted by Crippen LogP contribution is 2.34. The van der Waals surface area contributed by atoms with Crippen LogP contribution in [-0.2, 0) is 6.54 Å². The van der Waals surface area contributed by atoms with Crippen molar-refractivity contribution in [2.75, 3.05) is 12.3 Å². The van der Waals surface area contributed by atoms with Gasteiger partial charge >= 0.3 is 0 Å². The molecule has 3 heterocycles. The van der Waals surface area contributed by atoms with Crippen molar-refractivity contribution in [3.8, 4) is 5.75 Å². The summed E-state index contributed by atoms with van der Waals surface area (Å²) in [6.45, 7) is 1.30. The minimum atomic E-state index is -0.124. The Balaban J connectivity index is 1.37. The van der Waals surface area contributed by atoms with Crippen LogP contribution in [0.3, 0.4) is 0 Å². The lowest BCUT2D eigenvalue weighted by Crippen LogP contribution is -2.34. The van der Waals surface area contributed by atoms with Crippen LogP contribution in [0.15, 0.2) is 56.7 Å². The minimum absolute atomic E-state index is 0.124. The third-order valence-corrected chi connectivity index (χ3v) is 4.93. The molecule has 6 heteroatoms. The number of H-pyrrole nitrogens is 1. The summed E-state index contributed by atoms with van der Waals surface area (Å²) in [4.78, 5) is 15.5. The number of ether oxygens (including phenoxy) is 1. The van der Waals surface area contributed by atoms with Crippen LogP contribution in [0.1, 0.15) is 5.76 Å². The summed E-state index contributed by atoms with van der Waals surface area (Å²) in [5.74, 6) is 2.62. The average Bonchev–Trinajstić information content (AvgIpc) is 2.99. The Labute approximate surface area is 137 Å². The maximum absolute atomic E-state index is 11.7. The van der Waals surface area contributed by atoms with E-state index in [1.165, 1.54) is 4.90 Å². The van der Waals surface area contributed by atoms with Crippen molar-refractivity contribution >= 4 is 22.7 Å². The fraction of sp³-hybridized carbons (Fsp3) is 0.235. The number of aromatic nitrogens is 1. The fourth-order valence-corrected chi connectivity index (χ4v) is 3.62. The second kappa shape index (κ2) is 6.14. The number of aromatic amines is 1. The molecule has 4 rings (SSSR count). The molecule has 2 aromatic heterocycles. The Hall–Kier alpha value is -2.18. The fourth-order valence-electron chi connectivity index (χ4n) is 2.64. The number of para-hydroxylation sites is 1. The van der Waals surface area contributed by atoms with Crippen LogP contribution in [0.2, 0.25) is 0 Å². The van der Waals surface area contributed by atoms with E-state index in [1.54, 1.807) is 18.3 Å². The molecule has 1 aliphatic heterocycles. The topological polar surface area (TPSA) is 67.3 Å². The van der Waals surface area contributed by atoms with Gasteiger partial charge in [-0.15, -0.1) is 11.8 Å². The maximum Gasteiger partial charge on any atom is 0.259 e. The van der Waals surface area contributed by atoms with Crippen molar-refractivity contribution in [3.63, 3.8) is 0 Å². The number of furan rings is 1. The molecule has 1 aromatic carbocycles. The Morgan fingerprint density at radius 3 is 3.13 bits per heavy atom. The van der Waals surface area contributed by atoms with Gasteiger partial charge in [-0.1, -0.05) is 12.1 Å². The third kappa shape index (κ3) is 3.00. The summed E-state index contributed by atoms with van der Waals surface area (Å²) < 4.78 is 11.6. The van der Waals surface area contributed by atoms with E-state index in [1.807, 2.05) is 30.0 Å². The van der Waals surface area contributed by atoms with Gasteiger partial charge in [0.15, 0.2) is 0 Å². The van der Waals surface area contributed by atoms with Crippen LogP contribution in [-0.4, -0.2) is 23.4 Å². The summed E-state index contributed by atoms with van der Waals surface area (Å²) in [6, 6.07) is 11.6. The molecule has 0 amide bonds. The summed E-state index contributed by atoms with van der Waals surface area (Å²) in [6.07, 6.45) is 1.72. The summed E-state index contributed by atoms with van der Waals surface area (Å²) >= 11 is 1.81. The monoisotopic (exact) mass is 328 g/mol. The third-order valence-electron chi connectivity index (χ3n) is 3.74. The zero-order chi connectivity index (χ0) is 15.6. The first-order valence-electron chi connectivity index (χ1n) is 7.49. The zero-order valence-corrected chi connectivity index (χ0v) is 13.2. The number of hydrogen-bond donors (Lipinski definition) is 2. The predicted molar refractivity (Wildman–Crippen MR) is 90.1 cm³/mol. The number of rotatable bonds is 4. The molecule has 0 aliphatic carbocycles. The molecule has 0 radical (unpaired) electrons. The Morgan fingerprint density at radius 2 is 2.22 bits per heavy atom. The minimum Gasteiger partial charge on any atom is -0.487 e. The molecule has 1 unspecified atom stereocenters. The molecule has 0 fully saturated rings. The van der Waals surface area contributed by atoms with Crippen LogP contribution >= 0.6 is 11.8 Å². The van der Waals surface area contributed by atoms with Gasteiger partial charge in [-0.2, -0.15) is 0 Å². The van der Waals surface area contributed by atoms with E-state index in [2.05, 4.69) is 16.4 Å². The maximum atomic E-state index is 11.7. The standard InChI is InChI=1S/C17H16N2O3S/c20-17-13-7-11(21-14(13)5-6-19-17)8-18-9-12-10-23-16-4-2-1-3-15(16)22-12/h1-7,12,18H,8-10H2,(H,19,20). The van der Waals surface area contributed by atoms with Crippen molar-refractivity contribution < 1.29 is 9.15 Å². The molecule has 0 bridgehead atoms. The zero-order valence-electron chi connectivity index (χ0n) is 12.4. The van der Waals surface area contributed by atoms with E-state index in [0.29, 0.717) is 17.5 Å². The van der Waals surface area contributed by atoms with Gasteiger partial charge in [-0.25, -0.2) is 0 Å². The van der Waals surface area contributed by atoms with Gasteiger partial charge < -0.3 is 19.5 Å². The first-order valence-corrected chi connectivity index (χ1v) is 8.47. The Morgan fingerprint density at radius 1 is 1.30 bits per heavy atom. The molecule has 23 heavy (non-hydrogen) atoms. The summed E-state index contributed by atoms with van der Waals surface area (Å²) in [5, 5.41) is 3.92. The second-order valence-corrected chi connectivity index (χ2v) is 6.49. The van der Waals surface area contributed by atoms with E-state index in [4.69, 9.17) is 9.15 Å². The number of nitrogens with one attached hydrogen (secondary N) is 2. The van der Waals surface area contributed by atoms with Crippen LogP contribution in [0.4, 0.5) is 0 Å². The summed E-state index contributed by atoms with van der Waals surface area (Å²) in [5.41, 5.74) is 0.491. The first kappa shape index (κ1) is 14.4. The van der Waals surface area contributed by atoms with E-state index < -0.39 is 0 Å². The van der Waals surface area contributed by atoms with E-state index in [-0.39, 0.29) is 11.7 Å². The van der Waals surface area contributed by atoms with Crippen LogP contribution in [0.5, 0.6) is 5.75 Å². The molecule has 0 spiro atoms. The van der Waals surface area contributed by atoms with E-state index in [0.717, 1.165) is 23.8 Å². The Bertz CT molecular complexity index is 887. The SMILES string of the molecule is O=c1[nH]ccc2oc(CNCC3CSc4ccccc4O3)cc12. The molecule has 0 saturated heterocycles. The van der Waals surface area contributed by atoms with Gasteiger partial charge in [0.25, 0.3) is 5.56 Å². The lowest BCUT2D eigenvalue weighted by Gasteiger charge is -2.25. The quantitative estimate of drug-likeness (QED) is 0.771. The van der Waals surface area contributed by atoms with Crippen molar-refractivity contribution in [1.82, 2.24) is 10.3 Å². The highest BCUT2D eigenvalue weighted by atomic mass is 32.2. The molecule has 1 aliphatic rings. The molecule has 2 N–H and O–H groups in total. The van der Waals surface area contributed by atoms with Gasteiger partial charge in [0.2, 0.25) is 0 Å². The van der Waals surface area contributed by atoms with Gasteiger partial charge in [-0.3, -0.25) is 4.79 Å². The van der Waals surface area contributed by atoms with Gasteiger partial charge in [0.1, 0.15) is 23.2 Å². The smallest absolute Gasteiger partial charge is 0.259 e. The molecular formula is C17H16N2O3S. The van der Waals surface area contributed by atoms with Gasteiger partial charge in [0.05, 0.1) is 11.9 Å². The number of thioether (sulfide) groups is 1. The van der Waals surface area contributed by atoms with Crippen molar-refractivity contribution in [1.29, 1.82) is 0 Å². The average molecular weight is 328 g/mol. The number of benzene rings is 1. The summed E-state index contributed by atoms with van der Waals surface area (Å²) in [7, 11) is 0.